The van der Waals surface area contributed by atoms with Crippen LogP contribution in [-0.2, 0) is 12.1 Å². The molecule has 0 spiro atoms. The summed E-state index contributed by atoms with van der Waals surface area (Å²) in [5.74, 6) is -3.65. The molecule has 0 unspecified atom stereocenters. The summed E-state index contributed by atoms with van der Waals surface area (Å²) in [7, 11) is 0. The highest BCUT2D eigenvalue weighted by molar-refractivity contribution is 5.78. The van der Waals surface area contributed by atoms with Gasteiger partial charge in [-0.1, -0.05) is 12.1 Å². The molecule has 0 saturated heterocycles. The number of fused-ring (bicyclic) bond motifs is 1. The number of hydrogen-bond acceptors (Lipinski definition) is 4. The smallest absolute Gasteiger partial charge is 0.390 e. The number of aliphatic hydroxyl groups is 1. The fraction of sp³-hybridized carbons (Fsp3) is 0.353. The number of benzene rings is 1. The normalized spacial score (nSPS) is 13.9. The van der Waals surface area contributed by atoms with Crippen LogP contribution in [0.15, 0.2) is 29.1 Å². The summed E-state index contributed by atoms with van der Waals surface area (Å²) in [5.41, 5.74) is -2.46. The number of nitrogens with one attached hydrogen (secondary N) is 1. The Morgan fingerprint density at radius 2 is 1.79 bits per heavy atom. The molecule has 0 radical (unpaired) electrons. The second-order valence-corrected chi connectivity index (χ2v) is 6.30. The molecule has 2 heterocycles. The van der Waals surface area contributed by atoms with E-state index < -0.39 is 47.0 Å². The van der Waals surface area contributed by atoms with Crippen molar-refractivity contribution in [3.05, 3.63) is 57.3 Å². The Labute approximate surface area is 154 Å². The van der Waals surface area contributed by atoms with Crippen molar-refractivity contribution in [2.24, 2.45) is 0 Å². The van der Waals surface area contributed by atoms with E-state index in [1.165, 1.54) is 26.0 Å². The lowest BCUT2D eigenvalue weighted by atomic mass is 10.1. The van der Waals surface area contributed by atoms with Crippen LogP contribution in [0.2, 0.25) is 0 Å². The third-order valence-electron chi connectivity index (χ3n) is 4.31. The molecule has 0 aliphatic rings. The van der Waals surface area contributed by atoms with Gasteiger partial charge in [0.15, 0.2) is 5.65 Å². The molecule has 28 heavy (non-hydrogen) atoms. The Bertz CT molecular complexity index is 1070. The fourth-order valence-electron chi connectivity index (χ4n) is 2.85. The summed E-state index contributed by atoms with van der Waals surface area (Å²) in [6.45, 7) is 1.40. The van der Waals surface area contributed by atoms with Crippen molar-refractivity contribution in [1.29, 1.82) is 0 Å². The molecule has 3 aromatic rings. The maximum absolute atomic E-state index is 14.1. The Balaban J connectivity index is 2.19. The maximum Gasteiger partial charge on any atom is 0.416 e. The minimum Gasteiger partial charge on any atom is -0.390 e. The van der Waals surface area contributed by atoms with E-state index in [-0.39, 0.29) is 11.5 Å². The molecule has 0 aliphatic carbocycles. The van der Waals surface area contributed by atoms with Gasteiger partial charge in [0.05, 0.1) is 11.6 Å². The highest BCUT2D eigenvalue weighted by atomic mass is 19.4. The van der Waals surface area contributed by atoms with Gasteiger partial charge in [0, 0.05) is 0 Å². The molecule has 1 aromatic carbocycles. The van der Waals surface area contributed by atoms with Crippen molar-refractivity contribution in [2.45, 2.75) is 32.0 Å². The van der Waals surface area contributed by atoms with Gasteiger partial charge in [-0.2, -0.15) is 27.1 Å². The molecule has 0 bridgehead atoms. The van der Waals surface area contributed by atoms with E-state index in [1.807, 2.05) is 0 Å². The molecule has 11 heteroatoms. The van der Waals surface area contributed by atoms with Gasteiger partial charge >= 0.3 is 12.1 Å². The predicted octanol–water partition coefficient (Wildman–Crippen LogP) is 3.14. The van der Waals surface area contributed by atoms with Crippen LogP contribution in [0.25, 0.3) is 11.0 Å². The largest absolute Gasteiger partial charge is 0.416 e. The zero-order valence-electron chi connectivity index (χ0n) is 14.7. The van der Waals surface area contributed by atoms with Crippen LogP contribution in [0.3, 0.4) is 0 Å². The van der Waals surface area contributed by atoms with Crippen molar-refractivity contribution >= 4 is 11.0 Å². The quantitative estimate of drug-likeness (QED) is 0.657. The first-order valence-corrected chi connectivity index (χ1v) is 8.11. The molecule has 150 valence electrons. The summed E-state index contributed by atoms with van der Waals surface area (Å²) < 4.78 is 67.5. The molecule has 1 atom stereocenters. The van der Waals surface area contributed by atoms with Crippen molar-refractivity contribution < 1.29 is 27.1 Å². The minimum atomic E-state index is -4.51. The van der Waals surface area contributed by atoms with Gasteiger partial charge in [-0.3, -0.25) is 4.79 Å². The highest BCUT2D eigenvalue weighted by Crippen LogP contribution is 2.34. The van der Waals surface area contributed by atoms with Gasteiger partial charge in [0.2, 0.25) is 0 Å². The van der Waals surface area contributed by atoms with E-state index >= 15 is 0 Å². The molecule has 2 aromatic heterocycles. The molecule has 0 amide bonds. The lowest BCUT2D eigenvalue weighted by Crippen LogP contribution is -2.22. The second kappa shape index (κ2) is 6.66. The Hall–Kier alpha value is -2.82. The molecule has 2 N–H and O–H groups in total. The molecule has 0 aliphatic heterocycles. The number of aromatic nitrogens is 4. The zero-order chi connectivity index (χ0) is 20.9. The fourth-order valence-corrected chi connectivity index (χ4v) is 2.85. The third-order valence-corrected chi connectivity index (χ3v) is 4.31. The molecule has 6 nitrogen and oxygen atoms in total. The SMILES string of the molecule is Cc1nc2c(c(C(F)(F)CO)nn2[C@H](C)c2ccc(C(F)(F)F)cc2)c(=O)[nH]1. The van der Waals surface area contributed by atoms with E-state index in [4.69, 9.17) is 5.11 Å². The highest BCUT2D eigenvalue weighted by Gasteiger charge is 2.39. The summed E-state index contributed by atoms with van der Waals surface area (Å²) in [6, 6.07) is 3.33. The van der Waals surface area contributed by atoms with Crippen LogP contribution < -0.4 is 5.56 Å². The van der Waals surface area contributed by atoms with Crippen molar-refractivity contribution in [1.82, 2.24) is 19.7 Å². The number of H-pyrrole nitrogens is 1. The van der Waals surface area contributed by atoms with Crippen LogP contribution in [0.1, 0.15) is 35.6 Å². The summed E-state index contributed by atoms with van der Waals surface area (Å²) in [4.78, 5) is 18.6. The zero-order valence-corrected chi connectivity index (χ0v) is 14.7. The van der Waals surface area contributed by atoms with Crippen LogP contribution in [0, 0.1) is 6.92 Å². The summed E-state index contributed by atoms with van der Waals surface area (Å²) in [6.07, 6.45) is -4.51. The standard InChI is InChI=1S/C17H15F5N4O2/c1-8(10-3-5-11(6-4-10)17(20,21)22)26-14-12(15(28)24-9(2)23-14)13(25-26)16(18,19)7-27/h3-6,8,27H,7H2,1-2H3,(H,23,24,28)/t8-/m1/s1. The molecule has 3 rings (SSSR count). The average Bonchev–Trinajstić information content (AvgIpc) is 3.01. The molecular weight excluding hydrogens is 387 g/mol. The van der Waals surface area contributed by atoms with Gasteiger partial charge in [-0.15, -0.1) is 0 Å². The van der Waals surface area contributed by atoms with Crippen LogP contribution in [0.4, 0.5) is 22.0 Å². The third kappa shape index (κ3) is 3.37. The molecular formula is C17H15F5N4O2. The first kappa shape index (κ1) is 19.9. The van der Waals surface area contributed by atoms with Crippen molar-refractivity contribution in [3.8, 4) is 0 Å². The van der Waals surface area contributed by atoms with E-state index in [2.05, 4.69) is 15.1 Å². The number of aliphatic hydroxyl groups excluding tert-OH is 1. The van der Waals surface area contributed by atoms with Crippen LogP contribution >= 0.6 is 0 Å². The van der Waals surface area contributed by atoms with Crippen molar-refractivity contribution in [2.75, 3.05) is 6.61 Å². The average molecular weight is 402 g/mol. The number of hydrogen-bond donors (Lipinski definition) is 2. The molecule has 0 saturated carbocycles. The lowest BCUT2D eigenvalue weighted by Gasteiger charge is -2.15. The Morgan fingerprint density at radius 1 is 1.18 bits per heavy atom. The number of aryl methyl sites for hydroxylation is 1. The minimum absolute atomic E-state index is 0.150. The molecule has 0 fully saturated rings. The van der Waals surface area contributed by atoms with Crippen molar-refractivity contribution in [3.63, 3.8) is 0 Å². The number of rotatable bonds is 4. The topological polar surface area (TPSA) is 83.8 Å². The van der Waals surface area contributed by atoms with E-state index in [9.17, 15) is 26.7 Å². The van der Waals surface area contributed by atoms with Gasteiger partial charge in [-0.05, 0) is 31.5 Å². The van der Waals surface area contributed by atoms with Gasteiger partial charge in [-0.25, -0.2) is 9.67 Å². The number of alkyl halides is 5. The maximum atomic E-state index is 14.1. The first-order valence-electron chi connectivity index (χ1n) is 8.11. The number of halogens is 5. The number of aromatic amines is 1. The van der Waals surface area contributed by atoms with E-state index in [0.29, 0.717) is 5.56 Å². The summed E-state index contributed by atoms with van der Waals surface area (Å²) >= 11 is 0. The Morgan fingerprint density at radius 3 is 2.32 bits per heavy atom. The second-order valence-electron chi connectivity index (χ2n) is 6.30. The van der Waals surface area contributed by atoms with Crippen LogP contribution in [0.5, 0.6) is 0 Å². The summed E-state index contributed by atoms with van der Waals surface area (Å²) in [5, 5.41) is 12.3. The van der Waals surface area contributed by atoms with Gasteiger partial charge in [0.25, 0.3) is 5.56 Å². The van der Waals surface area contributed by atoms with E-state index in [0.717, 1.165) is 16.8 Å². The number of nitrogens with zero attached hydrogens (tertiary/aromatic N) is 3. The first-order chi connectivity index (χ1) is 13.0. The Kier molecular flexibility index (Phi) is 4.74. The van der Waals surface area contributed by atoms with E-state index in [1.54, 1.807) is 0 Å². The predicted molar refractivity (Wildman–Crippen MR) is 89.1 cm³/mol. The lowest BCUT2D eigenvalue weighted by molar-refractivity contribution is -0.137. The van der Waals surface area contributed by atoms with Gasteiger partial charge in [0.1, 0.15) is 23.5 Å². The van der Waals surface area contributed by atoms with Gasteiger partial charge < -0.3 is 10.1 Å². The monoisotopic (exact) mass is 402 g/mol. The van der Waals surface area contributed by atoms with Crippen LogP contribution in [-0.4, -0.2) is 31.5 Å².